The van der Waals surface area contributed by atoms with E-state index >= 15 is 0 Å². The Morgan fingerprint density at radius 2 is 2.09 bits per heavy atom. The number of methoxy groups -OCH3 is 1. The van der Waals surface area contributed by atoms with Crippen LogP contribution in [0.2, 0.25) is 0 Å². The van der Waals surface area contributed by atoms with Gasteiger partial charge >= 0.3 is 5.69 Å². The molecule has 0 atom stereocenters. The Hall–Kier alpha value is -3.16. The second kappa shape index (κ2) is 5.32. The van der Waals surface area contributed by atoms with Crippen LogP contribution >= 0.6 is 0 Å². The maximum Gasteiger partial charge on any atom is 0.311 e. The molecule has 8 nitrogen and oxygen atoms in total. The van der Waals surface area contributed by atoms with Gasteiger partial charge in [-0.1, -0.05) is 0 Å². The zero-order valence-corrected chi connectivity index (χ0v) is 11.9. The molecule has 0 radical (unpaired) electrons. The third kappa shape index (κ3) is 2.41. The zero-order valence-electron chi connectivity index (χ0n) is 11.9. The van der Waals surface area contributed by atoms with E-state index in [-0.39, 0.29) is 11.4 Å². The lowest BCUT2D eigenvalue weighted by atomic mass is 10.2. The second-order valence-corrected chi connectivity index (χ2v) is 4.57. The van der Waals surface area contributed by atoms with Gasteiger partial charge in [0, 0.05) is 24.4 Å². The number of hydrogen-bond donors (Lipinski definition) is 0. The SMILES string of the molecule is COc1cc(Oc2ccn3ncnc3c2)c(C)cc1[N+](=O)[O-]. The van der Waals surface area contributed by atoms with Gasteiger partial charge in [0.2, 0.25) is 5.75 Å². The number of rotatable bonds is 4. The summed E-state index contributed by atoms with van der Waals surface area (Å²) < 4.78 is 12.4. The van der Waals surface area contributed by atoms with Crippen LogP contribution in [0.25, 0.3) is 5.65 Å². The minimum atomic E-state index is -0.488. The average molecular weight is 300 g/mol. The van der Waals surface area contributed by atoms with Gasteiger partial charge in [-0.05, 0) is 18.6 Å². The highest BCUT2D eigenvalue weighted by Gasteiger charge is 2.18. The molecule has 2 aromatic heterocycles. The summed E-state index contributed by atoms with van der Waals surface area (Å²) >= 11 is 0. The molecule has 2 heterocycles. The Balaban J connectivity index is 1.98. The highest BCUT2D eigenvalue weighted by molar-refractivity contribution is 5.55. The number of nitro groups is 1. The lowest BCUT2D eigenvalue weighted by Gasteiger charge is -2.11. The number of benzene rings is 1. The number of hydrogen-bond acceptors (Lipinski definition) is 6. The van der Waals surface area contributed by atoms with E-state index in [0.717, 1.165) is 0 Å². The first kappa shape index (κ1) is 13.8. The van der Waals surface area contributed by atoms with Gasteiger partial charge in [-0.2, -0.15) is 5.10 Å². The molecular formula is C14H12N4O4. The summed E-state index contributed by atoms with van der Waals surface area (Å²) in [5.74, 6) is 1.18. The van der Waals surface area contributed by atoms with Crippen molar-refractivity contribution in [3.63, 3.8) is 0 Å². The van der Waals surface area contributed by atoms with Gasteiger partial charge in [0.1, 0.15) is 17.8 Å². The molecule has 8 heteroatoms. The molecule has 0 fully saturated rings. The fourth-order valence-electron chi connectivity index (χ4n) is 2.06. The van der Waals surface area contributed by atoms with Crippen molar-refractivity contribution in [3.8, 4) is 17.2 Å². The molecule has 22 heavy (non-hydrogen) atoms. The van der Waals surface area contributed by atoms with E-state index in [9.17, 15) is 10.1 Å². The Morgan fingerprint density at radius 3 is 2.82 bits per heavy atom. The van der Waals surface area contributed by atoms with E-state index in [4.69, 9.17) is 9.47 Å². The molecule has 0 saturated carbocycles. The molecular weight excluding hydrogens is 288 g/mol. The molecule has 0 bridgehead atoms. The van der Waals surface area contributed by atoms with Crippen LogP contribution in [0.4, 0.5) is 5.69 Å². The summed E-state index contributed by atoms with van der Waals surface area (Å²) in [6.45, 7) is 1.73. The maximum absolute atomic E-state index is 11.0. The number of aromatic nitrogens is 3. The predicted octanol–water partition coefficient (Wildman–Crippen LogP) is 2.75. The van der Waals surface area contributed by atoms with Crippen molar-refractivity contribution in [2.75, 3.05) is 7.11 Å². The fourth-order valence-corrected chi connectivity index (χ4v) is 2.06. The van der Waals surface area contributed by atoms with Gasteiger partial charge in [0.25, 0.3) is 0 Å². The topological polar surface area (TPSA) is 91.8 Å². The highest BCUT2D eigenvalue weighted by Crippen LogP contribution is 2.36. The third-order valence-corrected chi connectivity index (χ3v) is 3.15. The van der Waals surface area contributed by atoms with Gasteiger partial charge in [0.15, 0.2) is 5.65 Å². The second-order valence-electron chi connectivity index (χ2n) is 4.57. The van der Waals surface area contributed by atoms with Crippen LogP contribution in [-0.2, 0) is 0 Å². The fraction of sp³-hybridized carbons (Fsp3) is 0.143. The minimum absolute atomic E-state index is 0.0970. The molecule has 3 aromatic rings. The smallest absolute Gasteiger partial charge is 0.311 e. The summed E-state index contributed by atoms with van der Waals surface area (Å²) in [6.07, 6.45) is 3.16. The Labute approximate surface area is 125 Å². The van der Waals surface area contributed by atoms with Crippen LogP contribution in [0.15, 0.2) is 36.8 Å². The standard InChI is InChI=1S/C14H12N4O4/c1-9-5-11(18(19)20)13(21-2)7-12(9)22-10-3-4-17-14(6-10)15-8-16-17/h3-8H,1-2H3. The summed E-state index contributed by atoms with van der Waals surface area (Å²) in [6, 6.07) is 6.38. The molecule has 0 amide bonds. The molecule has 112 valence electrons. The first-order chi connectivity index (χ1) is 10.6. The molecule has 0 unspecified atom stereocenters. The van der Waals surface area contributed by atoms with Gasteiger partial charge in [-0.15, -0.1) is 0 Å². The van der Waals surface area contributed by atoms with Crippen molar-refractivity contribution in [1.82, 2.24) is 14.6 Å². The average Bonchev–Trinajstić information content (AvgIpc) is 2.96. The molecule has 0 aliphatic rings. The summed E-state index contributed by atoms with van der Waals surface area (Å²) in [7, 11) is 1.38. The van der Waals surface area contributed by atoms with Gasteiger partial charge in [-0.3, -0.25) is 10.1 Å². The molecule has 0 aliphatic heterocycles. The molecule has 0 N–H and O–H groups in total. The van der Waals surface area contributed by atoms with Crippen molar-refractivity contribution >= 4 is 11.3 Å². The first-order valence-electron chi connectivity index (χ1n) is 6.39. The predicted molar refractivity (Wildman–Crippen MR) is 77.4 cm³/mol. The van der Waals surface area contributed by atoms with Gasteiger partial charge in [0.05, 0.1) is 12.0 Å². The van der Waals surface area contributed by atoms with Crippen LogP contribution in [0, 0.1) is 17.0 Å². The summed E-state index contributed by atoms with van der Waals surface area (Å²) in [5.41, 5.74) is 1.18. The van der Waals surface area contributed by atoms with Crippen LogP contribution < -0.4 is 9.47 Å². The lowest BCUT2D eigenvalue weighted by Crippen LogP contribution is -1.97. The highest BCUT2D eigenvalue weighted by atomic mass is 16.6. The van der Waals surface area contributed by atoms with Crippen molar-refractivity contribution < 1.29 is 14.4 Å². The molecule has 1 aromatic carbocycles. The minimum Gasteiger partial charge on any atom is -0.490 e. The molecule has 0 saturated heterocycles. The Bertz CT molecular complexity index is 859. The maximum atomic E-state index is 11.0. The van der Waals surface area contributed by atoms with Crippen LogP contribution in [0.1, 0.15) is 5.56 Å². The number of nitro benzene ring substituents is 1. The van der Waals surface area contributed by atoms with E-state index < -0.39 is 4.92 Å². The van der Waals surface area contributed by atoms with Crippen molar-refractivity contribution in [1.29, 1.82) is 0 Å². The monoisotopic (exact) mass is 300 g/mol. The normalized spacial score (nSPS) is 10.6. The molecule has 3 rings (SSSR count). The Morgan fingerprint density at radius 1 is 1.27 bits per heavy atom. The summed E-state index contributed by atoms with van der Waals surface area (Å²) in [4.78, 5) is 14.6. The number of ether oxygens (including phenoxy) is 2. The van der Waals surface area contributed by atoms with Crippen molar-refractivity contribution in [3.05, 3.63) is 52.5 Å². The van der Waals surface area contributed by atoms with E-state index in [0.29, 0.717) is 22.7 Å². The largest absolute Gasteiger partial charge is 0.490 e. The van der Waals surface area contributed by atoms with Crippen molar-refractivity contribution in [2.24, 2.45) is 0 Å². The van der Waals surface area contributed by atoms with E-state index in [1.807, 2.05) is 0 Å². The number of fused-ring (bicyclic) bond motifs is 1. The quantitative estimate of drug-likeness (QED) is 0.543. The lowest BCUT2D eigenvalue weighted by molar-refractivity contribution is -0.385. The van der Waals surface area contributed by atoms with Crippen LogP contribution in [0.3, 0.4) is 0 Å². The third-order valence-electron chi connectivity index (χ3n) is 3.15. The molecule has 0 spiro atoms. The van der Waals surface area contributed by atoms with E-state index in [1.54, 1.807) is 29.8 Å². The first-order valence-corrected chi connectivity index (χ1v) is 6.39. The number of pyridine rings is 1. The molecule has 0 aliphatic carbocycles. The van der Waals surface area contributed by atoms with E-state index in [1.165, 1.54) is 25.6 Å². The Kier molecular flexibility index (Phi) is 3.34. The van der Waals surface area contributed by atoms with Crippen molar-refractivity contribution in [2.45, 2.75) is 6.92 Å². The zero-order chi connectivity index (χ0) is 15.7. The summed E-state index contributed by atoms with van der Waals surface area (Å²) in [5, 5.41) is 15.0. The van der Waals surface area contributed by atoms with Crippen LogP contribution in [0.5, 0.6) is 17.2 Å². The van der Waals surface area contributed by atoms with Gasteiger partial charge < -0.3 is 9.47 Å². The number of aryl methyl sites for hydroxylation is 1. The van der Waals surface area contributed by atoms with Gasteiger partial charge in [-0.25, -0.2) is 9.50 Å². The van der Waals surface area contributed by atoms with E-state index in [2.05, 4.69) is 10.1 Å². The van der Waals surface area contributed by atoms with Crippen LogP contribution in [-0.4, -0.2) is 26.6 Å². The number of nitrogens with zero attached hydrogens (tertiary/aromatic N) is 4.